The Morgan fingerprint density at radius 1 is 1.27 bits per heavy atom. The van der Waals surface area contributed by atoms with Crippen molar-refractivity contribution in [3.8, 4) is 0 Å². The Morgan fingerprint density at radius 2 is 1.93 bits per heavy atom. The quantitative estimate of drug-likeness (QED) is 0.519. The molecule has 88 valence electrons. The average molecular weight is 258 g/mol. The highest BCUT2D eigenvalue weighted by molar-refractivity contribution is 7.87. The van der Waals surface area contributed by atoms with Gasteiger partial charge in [0.05, 0.1) is 19.8 Å². The van der Waals surface area contributed by atoms with E-state index in [9.17, 15) is 13.0 Å². The van der Waals surface area contributed by atoms with Crippen LogP contribution in [0.2, 0.25) is 0 Å². The molecule has 0 aromatic rings. The zero-order valence-electron chi connectivity index (χ0n) is 7.83. The molecule has 0 N–H and O–H groups in total. The molecule has 2 aliphatic rings. The van der Waals surface area contributed by atoms with Crippen molar-refractivity contribution in [1.82, 2.24) is 0 Å². The number of hydrogen-bond donors (Lipinski definition) is 0. The number of phosphoric ester groups is 1. The molecular formula is C6H11O7PS. The summed E-state index contributed by atoms with van der Waals surface area (Å²) in [5.41, 5.74) is 0. The molecule has 15 heavy (non-hydrogen) atoms. The van der Waals surface area contributed by atoms with Crippen molar-refractivity contribution in [3.05, 3.63) is 0 Å². The predicted molar refractivity (Wildman–Crippen MR) is 48.7 cm³/mol. The van der Waals surface area contributed by atoms with Gasteiger partial charge in [-0.2, -0.15) is 8.42 Å². The first-order chi connectivity index (χ1) is 6.99. The topological polar surface area (TPSA) is 88.1 Å². The molecule has 2 saturated heterocycles. The molecule has 0 radical (unpaired) electrons. The number of phosphoric acid groups is 1. The summed E-state index contributed by atoms with van der Waals surface area (Å²) in [4.78, 5) is 0. The Morgan fingerprint density at radius 3 is 2.47 bits per heavy atom. The van der Waals surface area contributed by atoms with Gasteiger partial charge in [0.15, 0.2) is 0 Å². The Labute approximate surface area is 87.4 Å². The maximum absolute atomic E-state index is 11.7. The van der Waals surface area contributed by atoms with Gasteiger partial charge in [-0.25, -0.2) is 4.57 Å². The van der Waals surface area contributed by atoms with Gasteiger partial charge < -0.3 is 0 Å². The van der Waals surface area contributed by atoms with Crippen LogP contribution in [0.1, 0.15) is 6.42 Å². The summed E-state index contributed by atoms with van der Waals surface area (Å²) in [7, 11) is -7.09. The molecule has 2 rings (SSSR count). The molecule has 2 heterocycles. The van der Waals surface area contributed by atoms with E-state index < -0.39 is 24.0 Å². The summed E-state index contributed by atoms with van der Waals surface area (Å²) >= 11 is 0. The predicted octanol–water partition coefficient (Wildman–Crippen LogP) is 0.277. The first-order valence-electron chi connectivity index (χ1n) is 4.44. The van der Waals surface area contributed by atoms with Crippen LogP contribution in [-0.4, -0.2) is 40.1 Å². The zero-order chi connectivity index (χ0) is 10.9. The lowest BCUT2D eigenvalue weighted by molar-refractivity contribution is 0.0483. The largest absolute Gasteiger partial charge is 0.475 e. The Hall–Kier alpha value is 0.0200. The van der Waals surface area contributed by atoms with Crippen LogP contribution in [0, 0.1) is 0 Å². The molecule has 0 aromatic carbocycles. The first kappa shape index (κ1) is 11.5. The van der Waals surface area contributed by atoms with E-state index >= 15 is 0 Å². The molecule has 2 aliphatic heterocycles. The smallest absolute Gasteiger partial charge is 0.287 e. The van der Waals surface area contributed by atoms with E-state index in [4.69, 9.17) is 13.6 Å². The molecular weight excluding hydrogens is 247 g/mol. The normalized spacial score (nSPS) is 34.0. The lowest BCUT2D eigenvalue weighted by Crippen LogP contribution is -2.20. The van der Waals surface area contributed by atoms with Crippen molar-refractivity contribution >= 4 is 17.9 Å². The molecule has 2 fully saturated rings. The summed E-state index contributed by atoms with van der Waals surface area (Å²) < 4.78 is 52.7. The van der Waals surface area contributed by atoms with Gasteiger partial charge in [-0.3, -0.25) is 17.8 Å². The zero-order valence-corrected chi connectivity index (χ0v) is 9.54. The standard InChI is InChI=1S/C6H11O7PS/c7-14(10-2-1-3-11-14)13-6-4-12-15(8,9)5-6/h6H,1-5H2. The Balaban J connectivity index is 1.94. The molecule has 0 saturated carbocycles. The van der Waals surface area contributed by atoms with E-state index in [0.29, 0.717) is 6.42 Å². The van der Waals surface area contributed by atoms with Crippen molar-refractivity contribution in [2.45, 2.75) is 12.5 Å². The fraction of sp³-hybridized carbons (Fsp3) is 1.00. The third-order valence-electron chi connectivity index (χ3n) is 1.89. The summed E-state index contributed by atoms with van der Waals surface area (Å²) in [6.45, 7) is 0.439. The molecule has 1 atom stereocenters. The van der Waals surface area contributed by atoms with Gasteiger partial charge in [-0.15, -0.1) is 0 Å². The fourth-order valence-electron chi connectivity index (χ4n) is 1.26. The summed E-state index contributed by atoms with van der Waals surface area (Å²) in [6.07, 6.45) is -0.133. The molecule has 7 nitrogen and oxygen atoms in total. The van der Waals surface area contributed by atoms with Crippen molar-refractivity contribution in [2.75, 3.05) is 25.6 Å². The van der Waals surface area contributed by atoms with Crippen molar-refractivity contribution in [2.24, 2.45) is 0 Å². The number of rotatable bonds is 2. The van der Waals surface area contributed by atoms with E-state index in [1.54, 1.807) is 0 Å². The lowest BCUT2D eigenvalue weighted by atomic mass is 10.5. The van der Waals surface area contributed by atoms with Gasteiger partial charge >= 0.3 is 7.82 Å². The highest BCUT2D eigenvalue weighted by Gasteiger charge is 2.39. The van der Waals surface area contributed by atoms with E-state index in [2.05, 4.69) is 4.18 Å². The minimum absolute atomic E-state index is 0.140. The van der Waals surface area contributed by atoms with E-state index in [0.717, 1.165) is 0 Å². The molecule has 0 aliphatic carbocycles. The Bertz CT molecular complexity index is 367. The van der Waals surface area contributed by atoms with Crippen LogP contribution in [0.4, 0.5) is 0 Å². The van der Waals surface area contributed by atoms with Crippen LogP contribution >= 0.6 is 7.82 Å². The molecule has 9 heteroatoms. The molecule has 0 spiro atoms. The fourth-order valence-corrected chi connectivity index (χ4v) is 3.83. The lowest BCUT2D eigenvalue weighted by Gasteiger charge is -2.23. The molecule has 1 unspecified atom stereocenters. The van der Waals surface area contributed by atoms with E-state index in [-0.39, 0.29) is 25.6 Å². The minimum atomic E-state index is -3.56. The van der Waals surface area contributed by atoms with Crippen molar-refractivity contribution < 1.29 is 30.7 Å². The van der Waals surface area contributed by atoms with Crippen LogP contribution in [0.5, 0.6) is 0 Å². The summed E-state index contributed by atoms with van der Waals surface area (Å²) in [5, 5.41) is 0. The van der Waals surface area contributed by atoms with E-state index in [1.807, 2.05) is 0 Å². The maximum Gasteiger partial charge on any atom is 0.475 e. The SMILES string of the molecule is O=P1(OC2COS(=O)(=O)C2)OCCCO1. The van der Waals surface area contributed by atoms with Crippen molar-refractivity contribution in [1.29, 1.82) is 0 Å². The van der Waals surface area contributed by atoms with Crippen LogP contribution in [0.15, 0.2) is 0 Å². The first-order valence-corrected chi connectivity index (χ1v) is 7.48. The third-order valence-corrected chi connectivity index (χ3v) is 4.72. The van der Waals surface area contributed by atoms with Gasteiger partial charge in [0.25, 0.3) is 10.1 Å². The minimum Gasteiger partial charge on any atom is -0.287 e. The van der Waals surface area contributed by atoms with Gasteiger partial charge in [0.1, 0.15) is 11.9 Å². The van der Waals surface area contributed by atoms with Gasteiger partial charge in [0, 0.05) is 0 Å². The van der Waals surface area contributed by atoms with E-state index in [1.165, 1.54) is 0 Å². The van der Waals surface area contributed by atoms with Crippen LogP contribution in [-0.2, 0) is 32.4 Å². The van der Waals surface area contributed by atoms with Crippen molar-refractivity contribution in [3.63, 3.8) is 0 Å². The average Bonchev–Trinajstić information content (AvgIpc) is 2.45. The van der Waals surface area contributed by atoms with Gasteiger partial charge in [-0.1, -0.05) is 0 Å². The van der Waals surface area contributed by atoms with Gasteiger partial charge in [0.2, 0.25) is 0 Å². The second-order valence-corrected chi connectivity index (χ2v) is 6.51. The summed E-state index contributed by atoms with van der Waals surface area (Å²) in [5.74, 6) is -0.316. The highest BCUT2D eigenvalue weighted by atomic mass is 32.2. The number of hydrogen-bond acceptors (Lipinski definition) is 7. The Kier molecular flexibility index (Phi) is 3.16. The molecule has 0 amide bonds. The van der Waals surface area contributed by atoms with Crippen LogP contribution in [0.25, 0.3) is 0 Å². The molecule has 0 bridgehead atoms. The summed E-state index contributed by atoms with van der Waals surface area (Å²) in [6, 6.07) is 0. The maximum atomic E-state index is 11.7. The highest BCUT2D eigenvalue weighted by Crippen LogP contribution is 2.53. The second-order valence-electron chi connectivity index (χ2n) is 3.20. The van der Waals surface area contributed by atoms with Crippen LogP contribution < -0.4 is 0 Å². The van der Waals surface area contributed by atoms with Crippen LogP contribution in [0.3, 0.4) is 0 Å². The second kappa shape index (κ2) is 4.12. The monoisotopic (exact) mass is 258 g/mol. The third kappa shape index (κ3) is 2.99. The molecule has 0 aromatic heterocycles. The van der Waals surface area contributed by atoms with Gasteiger partial charge in [-0.05, 0) is 6.42 Å².